The van der Waals surface area contributed by atoms with E-state index < -0.39 is 4.92 Å². The third-order valence-corrected chi connectivity index (χ3v) is 3.29. The molecule has 0 aliphatic rings. The number of nitrogens with one attached hydrogen (secondary N) is 1. The molecular formula is C16H17FN2O3. The predicted molar refractivity (Wildman–Crippen MR) is 82.2 cm³/mol. The lowest BCUT2D eigenvalue weighted by Crippen LogP contribution is -2.06. The number of nitro groups is 1. The fourth-order valence-electron chi connectivity index (χ4n) is 2.19. The SMILES string of the molecule is O=[N+]([O-])c1ccc(CO)cc1NCCCc1cccc(F)c1. The molecule has 0 fully saturated rings. The van der Waals surface area contributed by atoms with E-state index in [1.165, 1.54) is 24.3 Å². The van der Waals surface area contributed by atoms with Gasteiger partial charge < -0.3 is 10.4 Å². The summed E-state index contributed by atoms with van der Waals surface area (Å²) >= 11 is 0. The molecule has 0 spiro atoms. The number of hydrogen-bond acceptors (Lipinski definition) is 4. The van der Waals surface area contributed by atoms with E-state index in [1.807, 2.05) is 6.07 Å². The minimum Gasteiger partial charge on any atom is -0.392 e. The molecule has 2 aromatic rings. The van der Waals surface area contributed by atoms with Crippen LogP contribution in [0.1, 0.15) is 17.5 Å². The molecule has 0 aliphatic carbocycles. The Morgan fingerprint density at radius 2 is 2.00 bits per heavy atom. The molecule has 0 heterocycles. The quantitative estimate of drug-likeness (QED) is 0.467. The van der Waals surface area contributed by atoms with Crippen LogP contribution in [-0.4, -0.2) is 16.6 Å². The number of nitrogens with zero attached hydrogens (tertiary/aromatic N) is 1. The van der Waals surface area contributed by atoms with Crippen molar-refractivity contribution in [3.05, 3.63) is 69.5 Å². The van der Waals surface area contributed by atoms with Gasteiger partial charge in [-0.2, -0.15) is 0 Å². The van der Waals surface area contributed by atoms with E-state index in [1.54, 1.807) is 12.1 Å². The average molecular weight is 304 g/mol. The van der Waals surface area contributed by atoms with Crippen LogP contribution in [0.5, 0.6) is 0 Å². The number of nitro benzene ring substituents is 1. The summed E-state index contributed by atoms with van der Waals surface area (Å²) in [7, 11) is 0. The Bertz CT molecular complexity index is 662. The molecular weight excluding hydrogens is 287 g/mol. The molecule has 2 aromatic carbocycles. The summed E-state index contributed by atoms with van der Waals surface area (Å²) in [6, 6.07) is 10.8. The van der Waals surface area contributed by atoms with E-state index in [4.69, 9.17) is 5.11 Å². The second-order valence-electron chi connectivity index (χ2n) is 4.93. The number of aliphatic hydroxyl groups excluding tert-OH is 1. The smallest absolute Gasteiger partial charge is 0.292 e. The molecule has 0 bridgehead atoms. The fraction of sp³-hybridized carbons (Fsp3) is 0.250. The van der Waals surface area contributed by atoms with Crippen LogP contribution >= 0.6 is 0 Å². The summed E-state index contributed by atoms with van der Waals surface area (Å²) in [5.41, 5.74) is 1.86. The van der Waals surface area contributed by atoms with Crippen molar-refractivity contribution in [2.24, 2.45) is 0 Å². The Labute approximate surface area is 127 Å². The number of hydrogen-bond donors (Lipinski definition) is 2. The Hall–Kier alpha value is -2.47. The molecule has 0 atom stereocenters. The lowest BCUT2D eigenvalue weighted by atomic mass is 10.1. The maximum absolute atomic E-state index is 13.1. The maximum atomic E-state index is 13.1. The fourth-order valence-corrected chi connectivity index (χ4v) is 2.19. The van der Waals surface area contributed by atoms with Crippen molar-refractivity contribution in [1.29, 1.82) is 0 Å². The molecule has 0 amide bonds. The van der Waals surface area contributed by atoms with Gasteiger partial charge >= 0.3 is 0 Å². The highest BCUT2D eigenvalue weighted by molar-refractivity contribution is 5.62. The van der Waals surface area contributed by atoms with Crippen molar-refractivity contribution in [2.45, 2.75) is 19.4 Å². The normalized spacial score (nSPS) is 10.5. The van der Waals surface area contributed by atoms with Crippen LogP contribution in [0.15, 0.2) is 42.5 Å². The summed E-state index contributed by atoms with van der Waals surface area (Å²) in [6.45, 7) is 0.349. The van der Waals surface area contributed by atoms with Crippen LogP contribution in [0.3, 0.4) is 0 Å². The van der Waals surface area contributed by atoms with Crippen molar-refractivity contribution >= 4 is 11.4 Å². The monoisotopic (exact) mass is 304 g/mol. The Balaban J connectivity index is 1.94. The highest BCUT2D eigenvalue weighted by Gasteiger charge is 2.13. The third kappa shape index (κ3) is 4.26. The molecule has 0 saturated heterocycles. The van der Waals surface area contributed by atoms with Crippen LogP contribution in [0.25, 0.3) is 0 Å². The molecule has 116 valence electrons. The largest absolute Gasteiger partial charge is 0.392 e. The number of aliphatic hydroxyl groups is 1. The zero-order valence-electron chi connectivity index (χ0n) is 12.0. The van der Waals surface area contributed by atoms with Crippen LogP contribution in [0, 0.1) is 15.9 Å². The Morgan fingerprint density at radius 1 is 1.18 bits per heavy atom. The van der Waals surface area contributed by atoms with Crippen LogP contribution < -0.4 is 5.32 Å². The molecule has 2 rings (SSSR count). The molecule has 0 unspecified atom stereocenters. The van der Waals surface area contributed by atoms with E-state index >= 15 is 0 Å². The first-order chi connectivity index (χ1) is 10.6. The Morgan fingerprint density at radius 3 is 2.68 bits per heavy atom. The molecule has 22 heavy (non-hydrogen) atoms. The number of anilines is 1. The summed E-state index contributed by atoms with van der Waals surface area (Å²) < 4.78 is 13.1. The first-order valence-electron chi connectivity index (χ1n) is 6.96. The van der Waals surface area contributed by atoms with Gasteiger partial charge in [-0.15, -0.1) is 0 Å². The van der Waals surface area contributed by atoms with Gasteiger partial charge in [0.15, 0.2) is 0 Å². The molecule has 0 aromatic heterocycles. The minimum absolute atomic E-state index is 0.0250. The first kappa shape index (κ1) is 15.9. The molecule has 5 nitrogen and oxygen atoms in total. The van der Waals surface area contributed by atoms with Crippen molar-refractivity contribution in [1.82, 2.24) is 0 Å². The zero-order valence-corrected chi connectivity index (χ0v) is 12.0. The lowest BCUT2D eigenvalue weighted by molar-refractivity contribution is -0.384. The number of rotatable bonds is 7. The lowest BCUT2D eigenvalue weighted by Gasteiger charge is -2.08. The van der Waals surface area contributed by atoms with Gasteiger partial charge in [0, 0.05) is 12.6 Å². The number of halogens is 1. The molecule has 0 aliphatic heterocycles. The topological polar surface area (TPSA) is 75.4 Å². The molecule has 0 radical (unpaired) electrons. The number of aryl methyl sites for hydroxylation is 1. The van der Waals surface area contributed by atoms with E-state index in [0.29, 0.717) is 30.6 Å². The van der Waals surface area contributed by atoms with Crippen molar-refractivity contribution in [3.63, 3.8) is 0 Å². The van der Waals surface area contributed by atoms with E-state index in [0.717, 1.165) is 5.56 Å². The second-order valence-corrected chi connectivity index (χ2v) is 4.93. The van der Waals surface area contributed by atoms with Gasteiger partial charge in [-0.3, -0.25) is 10.1 Å². The van der Waals surface area contributed by atoms with Crippen LogP contribution in [0.2, 0.25) is 0 Å². The summed E-state index contributed by atoms with van der Waals surface area (Å²) in [5, 5.41) is 23.1. The molecule has 0 saturated carbocycles. The highest BCUT2D eigenvalue weighted by atomic mass is 19.1. The van der Waals surface area contributed by atoms with Gasteiger partial charge in [0.2, 0.25) is 0 Å². The van der Waals surface area contributed by atoms with E-state index in [-0.39, 0.29) is 18.1 Å². The third-order valence-electron chi connectivity index (χ3n) is 3.29. The predicted octanol–water partition coefficient (Wildman–Crippen LogP) is 3.27. The average Bonchev–Trinajstić information content (AvgIpc) is 2.51. The first-order valence-corrected chi connectivity index (χ1v) is 6.96. The van der Waals surface area contributed by atoms with Crippen molar-refractivity contribution in [2.75, 3.05) is 11.9 Å². The van der Waals surface area contributed by atoms with Crippen molar-refractivity contribution < 1.29 is 14.4 Å². The number of benzene rings is 2. The van der Waals surface area contributed by atoms with Gasteiger partial charge in [0.05, 0.1) is 11.5 Å². The highest BCUT2D eigenvalue weighted by Crippen LogP contribution is 2.25. The molecule has 2 N–H and O–H groups in total. The summed E-state index contributed by atoms with van der Waals surface area (Å²) in [5.74, 6) is -0.267. The second kappa shape index (κ2) is 7.51. The van der Waals surface area contributed by atoms with Crippen molar-refractivity contribution in [3.8, 4) is 0 Å². The van der Waals surface area contributed by atoms with Crippen LogP contribution in [-0.2, 0) is 13.0 Å². The van der Waals surface area contributed by atoms with Gasteiger partial charge in [-0.05, 0) is 48.2 Å². The van der Waals surface area contributed by atoms with Gasteiger partial charge in [-0.25, -0.2) is 4.39 Å². The van der Waals surface area contributed by atoms with Gasteiger partial charge in [0.25, 0.3) is 5.69 Å². The minimum atomic E-state index is -0.462. The Kier molecular flexibility index (Phi) is 5.43. The van der Waals surface area contributed by atoms with Gasteiger partial charge in [-0.1, -0.05) is 12.1 Å². The molecule has 6 heteroatoms. The van der Waals surface area contributed by atoms with E-state index in [2.05, 4.69) is 5.32 Å². The standard InChI is InChI=1S/C16H17FN2O3/c17-14-5-1-3-12(9-14)4-2-8-18-15-10-13(11-20)6-7-16(15)19(21)22/h1,3,5-7,9-10,18,20H,2,4,8,11H2. The maximum Gasteiger partial charge on any atom is 0.292 e. The van der Waals surface area contributed by atoms with Gasteiger partial charge in [0.1, 0.15) is 11.5 Å². The van der Waals surface area contributed by atoms with E-state index in [9.17, 15) is 14.5 Å². The summed E-state index contributed by atoms with van der Waals surface area (Å²) in [4.78, 5) is 10.5. The summed E-state index contributed by atoms with van der Waals surface area (Å²) in [6.07, 6.45) is 1.39. The van der Waals surface area contributed by atoms with Crippen LogP contribution in [0.4, 0.5) is 15.8 Å². The zero-order chi connectivity index (χ0) is 15.9.